The number of hydrogen-bond acceptors (Lipinski definition) is 18. The summed E-state index contributed by atoms with van der Waals surface area (Å²) in [6.07, 6.45) is -8.53. The molecular weight excluding hydrogens is 650 g/mol. The van der Waals surface area contributed by atoms with Crippen LogP contribution in [0.1, 0.15) is 12.5 Å². The monoisotopic (exact) mass is 675 g/mol. The second-order valence-corrected chi connectivity index (χ2v) is 12.0. The number of phosphoric ester groups is 1. The SMILES string of the molecule is Nc1ncc2ncn([C@@H]3O[C@H](COP(=O)(O)O[C@@H]4[C@H](O)[C@@H](CO[P+](=O)O)O[C@H]4n4cnc5c(=O)[nH]c(N)nc54)[C@@H](O)[C@H]3O)c2n1. The van der Waals surface area contributed by atoms with Crippen LogP contribution in [0.2, 0.25) is 0 Å². The van der Waals surface area contributed by atoms with E-state index in [0.29, 0.717) is 5.52 Å². The number of aromatic nitrogens is 8. The van der Waals surface area contributed by atoms with Crippen LogP contribution in [-0.2, 0) is 32.2 Å². The van der Waals surface area contributed by atoms with Gasteiger partial charge in [0.2, 0.25) is 11.9 Å². The van der Waals surface area contributed by atoms with Gasteiger partial charge in [0.25, 0.3) is 5.56 Å². The van der Waals surface area contributed by atoms with Crippen molar-refractivity contribution in [2.75, 3.05) is 24.7 Å². The molecule has 2 fully saturated rings. The molecule has 2 saturated heterocycles. The summed E-state index contributed by atoms with van der Waals surface area (Å²) in [5.74, 6) is -0.380. The van der Waals surface area contributed by atoms with E-state index in [9.17, 15) is 34.1 Å². The zero-order valence-electron chi connectivity index (χ0n) is 22.4. The van der Waals surface area contributed by atoms with E-state index in [1.807, 2.05) is 0 Å². The molecule has 0 aliphatic carbocycles. The van der Waals surface area contributed by atoms with E-state index in [4.69, 9.17) is 34.9 Å². The number of rotatable bonds is 10. The summed E-state index contributed by atoms with van der Waals surface area (Å²) in [6.45, 7) is -1.44. The lowest BCUT2D eigenvalue weighted by Gasteiger charge is -2.24. The Morgan fingerprint density at radius 1 is 0.978 bits per heavy atom. The zero-order chi connectivity index (χ0) is 32.2. The first-order chi connectivity index (χ1) is 21.3. The van der Waals surface area contributed by atoms with Crippen LogP contribution in [0.25, 0.3) is 22.3 Å². The van der Waals surface area contributed by atoms with Crippen LogP contribution in [0.4, 0.5) is 11.9 Å². The first-order valence-corrected chi connectivity index (χ1v) is 15.4. The van der Waals surface area contributed by atoms with Gasteiger partial charge in [-0.15, -0.1) is 9.42 Å². The topological polar surface area (TPSA) is 341 Å². The summed E-state index contributed by atoms with van der Waals surface area (Å²) in [5.41, 5.74) is 10.7. The number of nitrogens with one attached hydrogen (secondary N) is 1. The summed E-state index contributed by atoms with van der Waals surface area (Å²) >= 11 is 0. The fourth-order valence-electron chi connectivity index (χ4n) is 4.93. The average Bonchev–Trinajstić information content (AvgIpc) is 3.72. The Balaban J connectivity index is 1.20. The minimum Gasteiger partial charge on any atom is -0.387 e. The van der Waals surface area contributed by atoms with Gasteiger partial charge < -0.3 is 41.2 Å². The molecule has 6 rings (SSSR count). The Hall–Kier alpha value is -3.57. The molecule has 2 unspecified atom stereocenters. The maximum Gasteiger partial charge on any atom is 0.694 e. The number of H-pyrrole nitrogens is 1. The number of aliphatic hydroxyl groups is 3. The predicted molar refractivity (Wildman–Crippen MR) is 145 cm³/mol. The highest BCUT2D eigenvalue weighted by molar-refractivity contribution is 7.47. The van der Waals surface area contributed by atoms with E-state index < -0.39 is 83.9 Å². The number of phosphoric acid groups is 1. The van der Waals surface area contributed by atoms with Gasteiger partial charge in [0.05, 0.1) is 25.5 Å². The first kappa shape index (κ1) is 31.4. The van der Waals surface area contributed by atoms with Crippen LogP contribution in [0.15, 0.2) is 23.6 Å². The Morgan fingerprint density at radius 2 is 1.67 bits per heavy atom. The maximum absolute atomic E-state index is 13.1. The molecule has 0 radical (unpaired) electrons. The Morgan fingerprint density at radius 3 is 2.42 bits per heavy atom. The molecule has 4 aromatic heterocycles. The molecule has 10 atom stereocenters. The van der Waals surface area contributed by atoms with Gasteiger partial charge in [0, 0.05) is 4.57 Å². The van der Waals surface area contributed by atoms with Gasteiger partial charge in [-0.05, 0) is 0 Å². The molecule has 2 aliphatic rings. The molecule has 0 bridgehead atoms. The quantitative estimate of drug-likeness (QED) is 0.0785. The molecule has 0 aromatic carbocycles. The van der Waals surface area contributed by atoms with Crippen molar-refractivity contribution < 1.29 is 57.3 Å². The predicted octanol–water partition coefficient (Wildman–Crippen LogP) is -2.83. The van der Waals surface area contributed by atoms with E-state index >= 15 is 0 Å². The number of nitrogens with two attached hydrogens (primary N) is 2. The molecule has 4 aromatic rings. The van der Waals surface area contributed by atoms with Crippen molar-refractivity contribution in [2.24, 2.45) is 0 Å². The third-order valence-corrected chi connectivity index (χ3v) is 8.34. The minimum atomic E-state index is -5.15. The molecule has 10 N–H and O–H groups in total. The summed E-state index contributed by atoms with van der Waals surface area (Å²) in [6, 6.07) is 0. The summed E-state index contributed by atoms with van der Waals surface area (Å²) < 4.78 is 52.9. The van der Waals surface area contributed by atoms with E-state index in [-0.39, 0.29) is 28.7 Å². The Bertz CT molecular complexity index is 1850. The van der Waals surface area contributed by atoms with Gasteiger partial charge in [-0.2, -0.15) is 9.97 Å². The zero-order valence-corrected chi connectivity index (χ0v) is 24.2. The van der Waals surface area contributed by atoms with Gasteiger partial charge in [-0.25, -0.2) is 19.5 Å². The number of imidazole rings is 2. The van der Waals surface area contributed by atoms with Crippen molar-refractivity contribution in [3.8, 4) is 0 Å². The molecule has 0 spiro atoms. The number of aliphatic hydroxyl groups excluding tert-OH is 3. The second-order valence-electron chi connectivity index (χ2n) is 9.83. The highest BCUT2D eigenvalue weighted by Crippen LogP contribution is 2.50. The molecule has 25 heteroatoms. The molecule has 0 saturated carbocycles. The van der Waals surface area contributed by atoms with Crippen molar-refractivity contribution in [3.05, 3.63) is 29.2 Å². The smallest absolute Gasteiger partial charge is 0.387 e. The summed E-state index contributed by atoms with van der Waals surface area (Å²) in [7, 11) is -8.25. The molecular formula is C20H25N10O13P2+. The standard InChI is InChI=1S/C20H24N10O13P2/c21-19-23-1-6-14(26-19)29(4-24-6)17-12(33)10(31)8(41-17)3-40-45(37,38)43-13-11(32)7(2-39-44(35)36)42-18(13)30-5-25-9-15(30)27-20(22)28-16(9)34/h1,4-5,7-8,10-13,17-18,31-33H,2-3H2,(H6-,21,22,23,26,27,28,34,35,36,37,38)/p+1/t7-,8-,10-,11-,12-,13-,17-,18-/m1/s1. The fraction of sp³-hybridized carbons (Fsp3) is 0.500. The first-order valence-electron chi connectivity index (χ1n) is 12.8. The third kappa shape index (κ3) is 6.04. The summed E-state index contributed by atoms with van der Waals surface area (Å²) in [4.78, 5) is 54.0. The largest absolute Gasteiger partial charge is 0.694 e. The molecule has 0 amide bonds. The van der Waals surface area contributed by atoms with Crippen LogP contribution in [-0.4, -0.2) is 114 Å². The van der Waals surface area contributed by atoms with Crippen LogP contribution < -0.4 is 17.0 Å². The Kier molecular flexibility index (Phi) is 8.36. The van der Waals surface area contributed by atoms with Gasteiger partial charge >= 0.3 is 16.1 Å². The number of nitrogen functional groups attached to an aromatic ring is 2. The minimum absolute atomic E-state index is 0.0827. The second kappa shape index (κ2) is 12.0. The van der Waals surface area contributed by atoms with Crippen LogP contribution >= 0.6 is 16.1 Å². The van der Waals surface area contributed by atoms with Crippen LogP contribution in [0.3, 0.4) is 0 Å². The van der Waals surface area contributed by atoms with E-state index in [1.165, 1.54) is 17.1 Å². The van der Waals surface area contributed by atoms with Gasteiger partial charge in [-0.1, -0.05) is 0 Å². The van der Waals surface area contributed by atoms with Crippen LogP contribution in [0, 0.1) is 0 Å². The number of anilines is 2. The average molecular weight is 675 g/mol. The number of hydrogen-bond donors (Lipinski definition) is 8. The lowest BCUT2D eigenvalue weighted by atomic mass is 10.1. The fourth-order valence-corrected chi connectivity index (χ4v) is 6.14. The van der Waals surface area contributed by atoms with Crippen molar-refractivity contribution in [1.82, 2.24) is 39.0 Å². The summed E-state index contributed by atoms with van der Waals surface area (Å²) in [5, 5.41) is 32.1. The molecule has 2 aliphatic heterocycles. The van der Waals surface area contributed by atoms with Crippen molar-refractivity contribution in [3.63, 3.8) is 0 Å². The number of nitrogens with zero attached hydrogens (tertiary/aromatic N) is 7. The number of fused-ring (bicyclic) bond motifs is 2. The number of aromatic amines is 1. The van der Waals surface area contributed by atoms with E-state index in [1.54, 1.807) is 0 Å². The maximum atomic E-state index is 13.1. The Labute approximate surface area is 249 Å². The van der Waals surface area contributed by atoms with Crippen molar-refractivity contribution >= 4 is 50.3 Å². The lowest BCUT2D eigenvalue weighted by molar-refractivity contribution is -0.0609. The van der Waals surface area contributed by atoms with Gasteiger partial charge in [0.1, 0.15) is 48.7 Å². The number of ether oxygens (including phenoxy) is 2. The van der Waals surface area contributed by atoms with Gasteiger partial charge in [-0.3, -0.25) is 28.0 Å². The van der Waals surface area contributed by atoms with Gasteiger partial charge in [0.15, 0.2) is 29.3 Å². The third-order valence-electron chi connectivity index (χ3n) is 6.99. The molecule has 242 valence electrons. The normalized spacial score (nSPS) is 30.3. The molecule has 6 heterocycles. The lowest BCUT2D eigenvalue weighted by Crippen LogP contribution is -2.36. The van der Waals surface area contributed by atoms with Crippen LogP contribution in [0.5, 0.6) is 0 Å². The highest BCUT2D eigenvalue weighted by atomic mass is 31.2. The molecule has 23 nitrogen and oxygen atoms in total. The molecule has 45 heavy (non-hydrogen) atoms. The van der Waals surface area contributed by atoms with Crippen molar-refractivity contribution in [2.45, 2.75) is 49.1 Å². The van der Waals surface area contributed by atoms with E-state index in [2.05, 4.69) is 34.4 Å². The van der Waals surface area contributed by atoms with E-state index in [0.717, 1.165) is 10.9 Å². The van der Waals surface area contributed by atoms with Crippen molar-refractivity contribution in [1.29, 1.82) is 0 Å². The highest BCUT2D eigenvalue weighted by Gasteiger charge is 2.51.